The van der Waals surface area contributed by atoms with E-state index in [4.69, 9.17) is 22.6 Å². The maximum Gasteiger partial charge on any atom is 0.241 e. The van der Waals surface area contributed by atoms with Gasteiger partial charge >= 0.3 is 0 Å². The van der Waals surface area contributed by atoms with Crippen molar-refractivity contribution in [1.29, 1.82) is 5.26 Å². The minimum atomic E-state index is -0.559. The first kappa shape index (κ1) is 14.5. The van der Waals surface area contributed by atoms with Crippen molar-refractivity contribution in [3.05, 3.63) is 28.8 Å². The van der Waals surface area contributed by atoms with Crippen LogP contribution in [0.1, 0.15) is 25.8 Å². The normalized spacial score (nSPS) is 12.0. The maximum absolute atomic E-state index is 11.8. The van der Waals surface area contributed by atoms with Gasteiger partial charge in [0.05, 0.1) is 28.4 Å². The number of nitrogens with zero attached hydrogens (tertiary/aromatic N) is 1. The molecule has 5 heteroatoms. The topological polar surface area (TPSA) is 78.9 Å². The number of nitrogens with one attached hydrogen (secondary N) is 1. The highest BCUT2D eigenvalue weighted by atomic mass is 35.5. The van der Waals surface area contributed by atoms with Gasteiger partial charge in [-0.1, -0.05) is 25.4 Å². The summed E-state index contributed by atoms with van der Waals surface area (Å²) in [5.41, 5.74) is 6.69. The van der Waals surface area contributed by atoms with Gasteiger partial charge in [-0.2, -0.15) is 5.26 Å². The fourth-order valence-electron chi connectivity index (χ4n) is 1.53. The van der Waals surface area contributed by atoms with Gasteiger partial charge in [0.2, 0.25) is 5.91 Å². The molecule has 0 aromatic heterocycles. The molecule has 96 valence electrons. The summed E-state index contributed by atoms with van der Waals surface area (Å²) in [6.45, 7) is 4.00. The Bertz CT molecular complexity index is 480. The van der Waals surface area contributed by atoms with Gasteiger partial charge in [0.1, 0.15) is 0 Å². The van der Waals surface area contributed by atoms with E-state index in [1.54, 1.807) is 12.1 Å². The molecule has 0 bridgehead atoms. The van der Waals surface area contributed by atoms with Crippen molar-refractivity contribution >= 4 is 23.2 Å². The average molecular weight is 266 g/mol. The smallest absolute Gasteiger partial charge is 0.241 e. The molecular formula is C13H16ClN3O. The summed E-state index contributed by atoms with van der Waals surface area (Å²) < 4.78 is 0. The highest BCUT2D eigenvalue weighted by Crippen LogP contribution is 2.23. The molecule has 0 aliphatic rings. The monoisotopic (exact) mass is 265 g/mol. The number of rotatable bonds is 4. The second-order valence-electron chi connectivity index (χ2n) is 4.53. The minimum Gasteiger partial charge on any atom is -0.323 e. The van der Waals surface area contributed by atoms with Gasteiger partial charge < -0.3 is 11.1 Å². The third kappa shape index (κ3) is 4.02. The number of hydrogen-bond donors (Lipinski definition) is 2. The zero-order chi connectivity index (χ0) is 13.7. The maximum atomic E-state index is 11.8. The molecular weight excluding hydrogens is 250 g/mol. The summed E-state index contributed by atoms with van der Waals surface area (Å²) in [4.78, 5) is 11.8. The van der Waals surface area contributed by atoms with E-state index in [1.165, 1.54) is 6.07 Å². The van der Waals surface area contributed by atoms with Crippen molar-refractivity contribution in [3.8, 4) is 6.07 Å². The largest absolute Gasteiger partial charge is 0.323 e. The second kappa shape index (κ2) is 6.39. The molecule has 0 unspecified atom stereocenters. The number of nitriles is 1. The Morgan fingerprint density at radius 3 is 2.72 bits per heavy atom. The van der Waals surface area contributed by atoms with Gasteiger partial charge in [0.25, 0.3) is 0 Å². The van der Waals surface area contributed by atoms with Crippen LogP contribution < -0.4 is 11.1 Å². The third-order valence-electron chi connectivity index (χ3n) is 2.42. The quantitative estimate of drug-likeness (QED) is 0.878. The first-order chi connectivity index (χ1) is 8.43. The number of hydrogen-bond acceptors (Lipinski definition) is 3. The number of halogens is 1. The highest BCUT2D eigenvalue weighted by molar-refractivity contribution is 6.33. The van der Waals surface area contributed by atoms with Crippen molar-refractivity contribution in [3.63, 3.8) is 0 Å². The summed E-state index contributed by atoms with van der Waals surface area (Å²) in [7, 11) is 0. The van der Waals surface area contributed by atoms with Gasteiger partial charge in [0, 0.05) is 0 Å². The van der Waals surface area contributed by atoms with E-state index in [0.717, 1.165) is 0 Å². The van der Waals surface area contributed by atoms with Crippen LogP contribution in [-0.2, 0) is 4.79 Å². The van der Waals surface area contributed by atoms with Crippen molar-refractivity contribution in [2.24, 2.45) is 11.7 Å². The Balaban J connectivity index is 2.73. The van der Waals surface area contributed by atoms with Crippen LogP contribution in [0.15, 0.2) is 18.2 Å². The average Bonchev–Trinajstić information content (AvgIpc) is 2.30. The molecule has 0 aliphatic heterocycles. The van der Waals surface area contributed by atoms with Crippen LogP contribution in [-0.4, -0.2) is 11.9 Å². The standard InChI is InChI=1S/C13H16ClN3O/c1-8(2)5-11(16)13(18)17-12-4-3-9(7-15)6-10(12)14/h3-4,6,8,11H,5,16H2,1-2H3,(H,17,18)/t11-/m0/s1. The molecule has 1 aromatic carbocycles. The van der Waals surface area contributed by atoms with Gasteiger partial charge in [0.15, 0.2) is 0 Å². The van der Waals surface area contributed by atoms with Crippen LogP contribution in [0.4, 0.5) is 5.69 Å². The van der Waals surface area contributed by atoms with E-state index in [9.17, 15) is 4.79 Å². The van der Waals surface area contributed by atoms with Gasteiger partial charge in [-0.05, 0) is 30.5 Å². The SMILES string of the molecule is CC(C)C[C@H](N)C(=O)Nc1ccc(C#N)cc1Cl. The van der Waals surface area contributed by atoms with Crippen LogP contribution in [0.5, 0.6) is 0 Å². The lowest BCUT2D eigenvalue weighted by molar-refractivity contribution is -0.117. The molecule has 0 spiro atoms. The van der Waals surface area contributed by atoms with Gasteiger partial charge in [-0.3, -0.25) is 4.79 Å². The van der Waals surface area contributed by atoms with Crippen LogP contribution in [0.25, 0.3) is 0 Å². The lowest BCUT2D eigenvalue weighted by Gasteiger charge is -2.14. The lowest BCUT2D eigenvalue weighted by atomic mass is 10.0. The molecule has 0 saturated carbocycles. The molecule has 1 atom stereocenters. The van der Waals surface area contributed by atoms with Crippen molar-refractivity contribution in [2.75, 3.05) is 5.32 Å². The Morgan fingerprint density at radius 1 is 1.56 bits per heavy atom. The minimum absolute atomic E-state index is 0.268. The molecule has 0 fully saturated rings. The summed E-state index contributed by atoms with van der Waals surface area (Å²) >= 11 is 5.96. The number of carbonyl (C=O) groups excluding carboxylic acids is 1. The molecule has 1 aromatic rings. The molecule has 1 rings (SSSR count). The summed E-state index contributed by atoms with van der Waals surface area (Å²) in [6.07, 6.45) is 0.611. The number of anilines is 1. The summed E-state index contributed by atoms with van der Waals surface area (Å²) in [5.74, 6) is 0.0810. The second-order valence-corrected chi connectivity index (χ2v) is 4.94. The van der Waals surface area contributed by atoms with Crippen molar-refractivity contribution in [2.45, 2.75) is 26.3 Å². The van der Waals surface area contributed by atoms with Crippen LogP contribution in [0, 0.1) is 17.2 Å². The lowest BCUT2D eigenvalue weighted by Crippen LogP contribution is -2.36. The van der Waals surface area contributed by atoms with E-state index in [-0.39, 0.29) is 5.91 Å². The zero-order valence-corrected chi connectivity index (χ0v) is 11.2. The van der Waals surface area contributed by atoms with E-state index in [1.807, 2.05) is 19.9 Å². The van der Waals surface area contributed by atoms with Crippen LogP contribution in [0.3, 0.4) is 0 Å². The summed E-state index contributed by atoms with van der Waals surface area (Å²) in [6, 6.07) is 6.11. The van der Waals surface area contributed by atoms with E-state index in [0.29, 0.717) is 28.6 Å². The number of benzene rings is 1. The number of carbonyl (C=O) groups is 1. The summed E-state index contributed by atoms with van der Waals surface area (Å²) in [5, 5.41) is 11.7. The molecule has 0 aliphatic carbocycles. The molecule has 3 N–H and O–H groups in total. The van der Waals surface area contributed by atoms with Gasteiger partial charge in [-0.25, -0.2) is 0 Å². The molecule has 0 radical (unpaired) electrons. The van der Waals surface area contributed by atoms with E-state index in [2.05, 4.69) is 5.32 Å². The molecule has 1 amide bonds. The highest BCUT2D eigenvalue weighted by Gasteiger charge is 2.16. The Hall–Kier alpha value is -1.57. The first-order valence-corrected chi connectivity index (χ1v) is 6.08. The predicted molar refractivity (Wildman–Crippen MR) is 72.2 cm³/mol. The fourth-order valence-corrected chi connectivity index (χ4v) is 1.75. The van der Waals surface area contributed by atoms with Crippen molar-refractivity contribution < 1.29 is 4.79 Å². The molecule has 4 nitrogen and oxygen atoms in total. The Morgan fingerprint density at radius 2 is 2.22 bits per heavy atom. The molecule has 0 heterocycles. The molecule has 18 heavy (non-hydrogen) atoms. The predicted octanol–water partition coefficient (Wildman–Crippen LogP) is 2.52. The van der Waals surface area contributed by atoms with Gasteiger partial charge in [-0.15, -0.1) is 0 Å². The molecule has 0 saturated heterocycles. The fraction of sp³-hybridized carbons (Fsp3) is 0.385. The van der Waals surface area contributed by atoms with Crippen LogP contribution >= 0.6 is 11.6 Å². The zero-order valence-electron chi connectivity index (χ0n) is 10.4. The Labute approximate surface area is 112 Å². The third-order valence-corrected chi connectivity index (χ3v) is 2.73. The van der Waals surface area contributed by atoms with E-state index < -0.39 is 6.04 Å². The van der Waals surface area contributed by atoms with E-state index >= 15 is 0 Å². The Kier molecular flexibility index (Phi) is 5.14. The first-order valence-electron chi connectivity index (χ1n) is 5.70. The number of amides is 1. The van der Waals surface area contributed by atoms with Crippen molar-refractivity contribution in [1.82, 2.24) is 0 Å². The van der Waals surface area contributed by atoms with Crippen LogP contribution in [0.2, 0.25) is 5.02 Å². The number of nitrogens with two attached hydrogens (primary N) is 1.